The highest BCUT2D eigenvalue weighted by molar-refractivity contribution is 5.02. The van der Waals surface area contributed by atoms with Crippen molar-refractivity contribution >= 4 is 0 Å². The molecule has 0 saturated carbocycles. The molecule has 0 fully saturated rings. The lowest BCUT2D eigenvalue weighted by atomic mass is 10.5. The van der Waals surface area contributed by atoms with Gasteiger partial charge in [0.05, 0.1) is 6.42 Å². The molecule has 6 radical (unpaired) electrons. The maximum Gasteiger partial charge on any atom is 0.0522 e. The minimum absolute atomic E-state index is 2.50. The monoisotopic (exact) mass is 60.0 g/mol. The van der Waals surface area contributed by atoms with Crippen LogP contribution in [0, 0.1) is 30.7 Å². The molecular weight excluding hydrogens is 60.1 g/mol. The van der Waals surface area contributed by atoms with Gasteiger partial charge in [-0.15, -0.1) is 0 Å². The van der Waals surface area contributed by atoms with Crippen LogP contribution in [-0.4, -0.2) is 0 Å². The van der Waals surface area contributed by atoms with E-state index in [0.29, 0.717) is 0 Å². The highest BCUT2D eigenvalue weighted by Gasteiger charge is 1.78. The van der Waals surface area contributed by atoms with Crippen LogP contribution in [0.15, 0.2) is 0 Å². The zero-order valence-corrected chi connectivity index (χ0v) is 2.50. The third-order valence-electron chi connectivity index (χ3n) is 0.312. The molecule has 5 heavy (non-hydrogen) atoms. The van der Waals surface area contributed by atoms with Crippen LogP contribution < -0.4 is 0 Å². The third-order valence-corrected chi connectivity index (χ3v) is 0.312. The van der Waals surface area contributed by atoms with E-state index in [0.717, 1.165) is 0 Å². The first-order valence-electron chi connectivity index (χ1n) is 1.25. The maximum absolute atomic E-state index is 2.50. The van der Waals surface area contributed by atoms with E-state index in [2.05, 4.69) is 30.7 Å². The van der Waals surface area contributed by atoms with E-state index >= 15 is 0 Å². The van der Waals surface area contributed by atoms with Crippen molar-refractivity contribution < 1.29 is 0 Å². The number of hydrogen-bond donors (Lipinski definition) is 0. The zero-order chi connectivity index (χ0) is 3.54. The second kappa shape index (κ2) is 1.07. The first kappa shape index (κ1) is 2.70. The summed E-state index contributed by atoms with van der Waals surface area (Å²) in [5.41, 5.74) is 0. The van der Waals surface area contributed by atoms with Crippen molar-refractivity contribution in [3.63, 3.8) is 0 Å². The Bertz CT molecular complexity index is 58.1. The lowest BCUT2D eigenvalue weighted by molar-refractivity contribution is 1.73. The summed E-state index contributed by atoms with van der Waals surface area (Å²) < 4.78 is 0. The Morgan fingerprint density at radius 2 is 1.20 bits per heavy atom. The van der Waals surface area contributed by atoms with E-state index in [9.17, 15) is 0 Å². The minimum Gasteiger partial charge on any atom is -0.0214 e. The number of hydrogen-bond acceptors (Lipinski definition) is 0. The van der Waals surface area contributed by atoms with Crippen LogP contribution in [0.1, 0.15) is 0 Å². The van der Waals surface area contributed by atoms with Crippen molar-refractivity contribution in [3.05, 3.63) is 30.7 Å². The van der Waals surface area contributed by atoms with Gasteiger partial charge in [-0.05, 0) is 24.3 Å². The molecule has 20 valence electrons. The molecule has 0 unspecified atom stereocenters. The second-order valence-electron chi connectivity index (χ2n) is 0.625. The highest BCUT2D eigenvalue weighted by Crippen LogP contribution is 1.86. The number of allylic oxidation sites excluding steroid dienone is 4. The van der Waals surface area contributed by atoms with Gasteiger partial charge in [0, 0.05) is 0 Å². The lowest BCUT2D eigenvalue weighted by Crippen LogP contribution is -1.44. The standard InChI is InChI=1S/C5/c1-2-4-5-3-1. The van der Waals surface area contributed by atoms with Crippen LogP contribution in [0.3, 0.4) is 0 Å². The van der Waals surface area contributed by atoms with Gasteiger partial charge in [0.15, 0.2) is 0 Å². The first-order valence-corrected chi connectivity index (χ1v) is 1.25. The molecule has 0 N–H and O–H groups in total. The normalized spacial score (nSPS) is 17.6. The molecular formula is C5. The van der Waals surface area contributed by atoms with E-state index < -0.39 is 0 Å². The SMILES string of the molecule is [C]1[C]=[C][C]=[C]1. The number of rotatable bonds is 0. The van der Waals surface area contributed by atoms with Crippen molar-refractivity contribution in [1.29, 1.82) is 0 Å². The fourth-order valence-electron chi connectivity index (χ4n) is 0.156. The van der Waals surface area contributed by atoms with E-state index in [4.69, 9.17) is 0 Å². The third kappa shape index (κ3) is 0.380. The molecule has 0 aromatic heterocycles. The van der Waals surface area contributed by atoms with Gasteiger partial charge < -0.3 is 0 Å². The summed E-state index contributed by atoms with van der Waals surface area (Å²) in [6.07, 6.45) is 12.5. The summed E-state index contributed by atoms with van der Waals surface area (Å²) in [5.74, 6) is 0. The van der Waals surface area contributed by atoms with E-state index in [-0.39, 0.29) is 0 Å². The van der Waals surface area contributed by atoms with E-state index in [1.54, 1.807) is 0 Å². The largest absolute Gasteiger partial charge is 0.0522 e. The highest BCUT2D eigenvalue weighted by atomic mass is 13.8. The van der Waals surface area contributed by atoms with Gasteiger partial charge in [0.2, 0.25) is 0 Å². The fourth-order valence-corrected chi connectivity index (χ4v) is 0.156. The quantitative estimate of drug-likeness (QED) is 0.379. The van der Waals surface area contributed by atoms with E-state index in [1.165, 1.54) is 0 Å². The minimum atomic E-state index is 2.50. The van der Waals surface area contributed by atoms with Gasteiger partial charge in [-0.25, -0.2) is 0 Å². The summed E-state index contributed by atoms with van der Waals surface area (Å²) in [6.45, 7) is 0. The Kier molecular flexibility index (Phi) is 0.577. The molecule has 0 amide bonds. The average molecular weight is 60.1 g/mol. The zero-order valence-electron chi connectivity index (χ0n) is 2.50. The van der Waals surface area contributed by atoms with E-state index in [1.807, 2.05) is 0 Å². The molecule has 0 heterocycles. The van der Waals surface area contributed by atoms with Gasteiger partial charge in [0.25, 0.3) is 0 Å². The van der Waals surface area contributed by atoms with Gasteiger partial charge in [-0.1, -0.05) is 0 Å². The maximum atomic E-state index is 2.50. The van der Waals surface area contributed by atoms with Crippen molar-refractivity contribution in [3.8, 4) is 0 Å². The summed E-state index contributed by atoms with van der Waals surface area (Å²) >= 11 is 0. The molecule has 0 aromatic carbocycles. The van der Waals surface area contributed by atoms with Crippen molar-refractivity contribution in [2.45, 2.75) is 0 Å². The second-order valence-corrected chi connectivity index (χ2v) is 0.625. The van der Waals surface area contributed by atoms with Crippen molar-refractivity contribution in [1.82, 2.24) is 0 Å². The molecule has 0 nitrogen and oxygen atoms in total. The molecule has 0 saturated heterocycles. The predicted octanol–water partition coefficient (Wildman–Crippen LogP) is 0.406. The van der Waals surface area contributed by atoms with Gasteiger partial charge >= 0.3 is 0 Å². The molecule has 1 rings (SSSR count). The fraction of sp³-hybridized carbons (Fsp3) is 0. The topological polar surface area (TPSA) is 0 Å². The molecule has 0 aliphatic heterocycles. The molecule has 0 atom stereocenters. The molecule has 0 heteroatoms. The Labute approximate surface area is 31.8 Å². The van der Waals surface area contributed by atoms with Crippen molar-refractivity contribution in [2.24, 2.45) is 0 Å². The van der Waals surface area contributed by atoms with Crippen LogP contribution >= 0.6 is 0 Å². The first-order chi connectivity index (χ1) is 2.50. The van der Waals surface area contributed by atoms with Crippen LogP contribution in [-0.2, 0) is 0 Å². The molecule has 0 spiro atoms. The smallest absolute Gasteiger partial charge is 0.0214 e. The molecule has 1 aliphatic carbocycles. The summed E-state index contributed by atoms with van der Waals surface area (Å²) in [5, 5.41) is 0. The lowest BCUT2D eigenvalue weighted by Gasteiger charge is -1.50. The van der Waals surface area contributed by atoms with Crippen molar-refractivity contribution in [2.75, 3.05) is 0 Å². The molecule has 1 aliphatic rings. The van der Waals surface area contributed by atoms with Gasteiger partial charge in [-0.3, -0.25) is 0 Å². The average Bonchev–Trinajstić information content (AvgIpc) is 1.76. The van der Waals surface area contributed by atoms with Crippen LogP contribution in [0.2, 0.25) is 0 Å². The Hall–Kier alpha value is -0.520. The van der Waals surface area contributed by atoms with Gasteiger partial charge in [0.1, 0.15) is 0 Å². The van der Waals surface area contributed by atoms with Crippen LogP contribution in [0.5, 0.6) is 0 Å². The Morgan fingerprint density at radius 3 is 1.40 bits per heavy atom. The molecule has 0 aromatic rings. The van der Waals surface area contributed by atoms with Gasteiger partial charge in [-0.2, -0.15) is 0 Å². The Balaban J connectivity index is 2.61. The molecule has 0 bridgehead atoms. The summed E-state index contributed by atoms with van der Waals surface area (Å²) in [4.78, 5) is 0. The Morgan fingerprint density at radius 1 is 0.600 bits per heavy atom. The summed E-state index contributed by atoms with van der Waals surface area (Å²) in [6, 6.07) is 0. The van der Waals surface area contributed by atoms with Crippen LogP contribution in [0.4, 0.5) is 0 Å². The predicted molar refractivity (Wildman–Crippen MR) is 16.2 cm³/mol. The van der Waals surface area contributed by atoms with Crippen LogP contribution in [0.25, 0.3) is 0 Å². The summed E-state index contributed by atoms with van der Waals surface area (Å²) in [7, 11) is 0.